The minimum absolute atomic E-state index is 0.0974. The van der Waals surface area contributed by atoms with Crippen LogP contribution in [0.15, 0.2) is 11.6 Å². The molecule has 7 atom stereocenters. The summed E-state index contributed by atoms with van der Waals surface area (Å²) >= 11 is 0. The molecule has 5 heteroatoms. The number of methoxy groups -OCH3 is 1. The average molecular weight is 364 g/mol. The lowest BCUT2D eigenvalue weighted by Crippen LogP contribution is -2.61. The Morgan fingerprint density at radius 1 is 1.31 bits per heavy atom. The van der Waals surface area contributed by atoms with Crippen molar-refractivity contribution in [1.29, 1.82) is 0 Å². The van der Waals surface area contributed by atoms with Crippen molar-refractivity contribution < 1.29 is 24.5 Å². The Morgan fingerprint density at radius 3 is 2.62 bits per heavy atom. The molecule has 0 spiro atoms. The second-order valence-corrected chi connectivity index (χ2v) is 9.73. The first-order valence-corrected chi connectivity index (χ1v) is 9.97. The molecular formula is C21H32O5. The van der Waals surface area contributed by atoms with Crippen molar-refractivity contribution in [2.24, 2.45) is 22.7 Å². The molecule has 0 aromatic rings. The van der Waals surface area contributed by atoms with Gasteiger partial charge in [-0.05, 0) is 55.4 Å². The Labute approximate surface area is 155 Å². The van der Waals surface area contributed by atoms with Crippen LogP contribution >= 0.6 is 0 Å². The minimum atomic E-state index is -1.04. The second-order valence-electron chi connectivity index (χ2n) is 9.73. The fraction of sp³-hybridized carbons (Fsp3) is 0.857. The molecule has 3 fully saturated rings. The highest BCUT2D eigenvalue weighted by Gasteiger charge is 2.76. The molecule has 146 valence electrons. The lowest BCUT2D eigenvalue weighted by molar-refractivity contribution is -0.167. The van der Waals surface area contributed by atoms with Gasteiger partial charge in [-0.3, -0.25) is 4.79 Å². The van der Waals surface area contributed by atoms with Crippen LogP contribution in [0.1, 0.15) is 59.8 Å². The van der Waals surface area contributed by atoms with E-state index in [-0.39, 0.29) is 29.3 Å². The monoisotopic (exact) mass is 364 g/mol. The lowest BCUT2D eigenvalue weighted by atomic mass is 9.45. The Hall–Kier alpha value is -0.910. The summed E-state index contributed by atoms with van der Waals surface area (Å²) in [6, 6.07) is 0. The van der Waals surface area contributed by atoms with E-state index in [0.29, 0.717) is 6.42 Å². The Balaban J connectivity index is 1.79. The van der Waals surface area contributed by atoms with Gasteiger partial charge in [0.1, 0.15) is 23.4 Å². The van der Waals surface area contributed by atoms with Crippen molar-refractivity contribution in [3.8, 4) is 0 Å². The van der Waals surface area contributed by atoms with Crippen molar-refractivity contribution in [3.05, 3.63) is 11.6 Å². The molecular weight excluding hydrogens is 332 g/mol. The molecule has 0 aromatic heterocycles. The van der Waals surface area contributed by atoms with E-state index < -0.39 is 22.7 Å². The van der Waals surface area contributed by atoms with Gasteiger partial charge >= 0.3 is 5.97 Å². The van der Waals surface area contributed by atoms with Gasteiger partial charge in [0.05, 0.1) is 12.5 Å². The maximum absolute atomic E-state index is 12.6. The van der Waals surface area contributed by atoms with Crippen LogP contribution in [0.4, 0.5) is 0 Å². The standard InChI is InChI=1S/C21H32O5/c1-12(2)21-15(22)11-14-18(3)8-6-9-19(4,17(23)25-5)13(18)7-10-20(14,24)16(21)26-21/h11-13,15-16,22,24H,6-10H2,1-5H3/t13-,15+,16+,18+,19-,20+,21-/m1/s1. The first-order valence-electron chi connectivity index (χ1n) is 9.97. The number of fused-ring (bicyclic) bond motifs is 5. The molecule has 2 saturated carbocycles. The molecule has 3 aliphatic carbocycles. The van der Waals surface area contributed by atoms with Crippen LogP contribution in [0, 0.1) is 22.7 Å². The maximum atomic E-state index is 12.6. The number of ether oxygens (including phenoxy) is 2. The molecule has 4 aliphatic rings. The summed E-state index contributed by atoms with van der Waals surface area (Å²) in [5, 5.41) is 22.6. The first kappa shape index (κ1) is 18.5. The molecule has 1 saturated heterocycles. The van der Waals surface area contributed by atoms with Gasteiger partial charge in [0.15, 0.2) is 0 Å². The van der Waals surface area contributed by atoms with Crippen LogP contribution in [0.3, 0.4) is 0 Å². The van der Waals surface area contributed by atoms with Gasteiger partial charge in [0, 0.05) is 0 Å². The zero-order valence-corrected chi connectivity index (χ0v) is 16.5. The first-order chi connectivity index (χ1) is 12.1. The van der Waals surface area contributed by atoms with Crippen LogP contribution in [-0.2, 0) is 14.3 Å². The van der Waals surface area contributed by atoms with E-state index in [1.165, 1.54) is 7.11 Å². The topological polar surface area (TPSA) is 79.3 Å². The summed E-state index contributed by atoms with van der Waals surface area (Å²) in [6.07, 6.45) is 4.74. The van der Waals surface area contributed by atoms with Gasteiger partial charge in [0.2, 0.25) is 0 Å². The molecule has 4 rings (SSSR count). The zero-order chi connectivity index (χ0) is 19.1. The largest absolute Gasteiger partial charge is 0.469 e. The van der Waals surface area contributed by atoms with Crippen LogP contribution < -0.4 is 0 Å². The zero-order valence-electron chi connectivity index (χ0n) is 16.5. The quantitative estimate of drug-likeness (QED) is 0.447. The third-order valence-corrected chi connectivity index (χ3v) is 8.28. The minimum Gasteiger partial charge on any atom is -0.469 e. The van der Waals surface area contributed by atoms with Gasteiger partial charge in [-0.1, -0.05) is 33.3 Å². The molecule has 2 N–H and O–H groups in total. The van der Waals surface area contributed by atoms with Gasteiger partial charge in [-0.15, -0.1) is 0 Å². The summed E-state index contributed by atoms with van der Waals surface area (Å²) in [6.45, 7) is 8.24. The molecule has 1 aliphatic heterocycles. The van der Waals surface area contributed by atoms with E-state index in [1.807, 2.05) is 26.8 Å². The molecule has 5 nitrogen and oxygen atoms in total. The number of aliphatic hydroxyl groups excluding tert-OH is 1. The third kappa shape index (κ3) is 1.95. The van der Waals surface area contributed by atoms with E-state index >= 15 is 0 Å². The predicted octanol–water partition coefficient (Wildman–Crippen LogP) is 2.59. The molecule has 1 heterocycles. The number of carbonyl (C=O) groups is 1. The molecule has 0 aromatic carbocycles. The SMILES string of the molecule is COC(=O)[C@]1(C)CCC[C@]2(C)C3=C[C@H](O)[C@@]4(C(C)C)O[C@H]4[C@]3(O)CC[C@@H]12. The van der Waals surface area contributed by atoms with Crippen LogP contribution in [0.5, 0.6) is 0 Å². The summed E-state index contributed by atoms with van der Waals surface area (Å²) in [7, 11) is 1.46. The highest BCUT2D eigenvalue weighted by molar-refractivity contribution is 5.77. The smallest absolute Gasteiger partial charge is 0.311 e. The number of hydrogen-bond acceptors (Lipinski definition) is 5. The number of aliphatic hydroxyl groups is 2. The molecule has 0 bridgehead atoms. The van der Waals surface area contributed by atoms with E-state index in [0.717, 1.165) is 31.3 Å². The molecule has 0 amide bonds. The Morgan fingerprint density at radius 2 is 2.00 bits per heavy atom. The maximum Gasteiger partial charge on any atom is 0.311 e. The summed E-state index contributed by atoms with van der Waals surface area (Å²) in [4.78, 5) is 12.6. The summed E-state index contributed by atoms with van der Waals surface area (Å²) in [5.41, 5.74) is -1.69. The molecule has 0 unspecified atom stereocenters. The van der Waals surface area contributed by atoms with Gasteiger partial charge in [0.25, 0.3) is 0 Å². The molecule has 26 heavy (non-hydrogen) atoms. The predicted molar refractivity (Wildman–Crippen MR) is 96.3 cm³/mol. The van der Waals surface area contributed by atoms with Crippen molar-refractivity contribution in [2.45, 2.75) is 83.2 Å². The number of rotatable bonds is 2. The number of carbonyl (C=O) groups excluding carboxylic acids is 1. The number of hydrogen-bond donors (Lipinski definition) is 2. The van der Waals surface area contributed by atoms with Crippen LogP contribution in [0.2, 0.25) is 0 Å². The van der Waals surface area contributed by atoms with Crippen molar-refractivity contribution in [2.75, 3.05) is 7.11 Å². The fourth-order valence-corrected chi connectivity index (χ4v) is 6.85. The highest BCUT2D eigenvalue weighted by atomic mass is 16.6. The average Bonchev–Trinajstić information content (AvgIpc) is 3.35. The van der Waals surface area contributed by atoms with E-state index in [2.05, 4.69) is 6.92 Å². The van der Waals surface area contributed by atoms with Gasteiger partial charge in [-0.25, -0.2) is 0 Å². The number of esters is 1. The Bertz CT molecular complexity index is 671. The third-order valence-electron chi connectivity index (χ3n) is 8.28. The van der Waals surface area contributed by atoms with Gasteiger partial charge in [-0.2, -0.15) is 0 Å². The van der Waals surface area contributed by atoms with Crippen molar-refractivity contribution in [3.63, 3.8) is 0 Å². The lowest BCUT2D eigenvalue weighted by Gasteiger charge is -2.59. The summed E-state index contributed by atoms with van der Waals surface area (Å²) in [5.74, 6) is 0.0665. The fourth-order valence-electron chi connectivity index (χ4n) is 6.85. The normalized spacial score (nSPS) is 52.5. The van der Waals surface area contributed by atoms with Gasteiger partial charge < -0.3 is 19.7 Å². The highest BCUT2D eigenvalue weighted by Crippen LogP contribution is 2.68. The van der Waals surface area contributed by atoms with Crippen molar-refractivity contribution in [1.82, 2.24) is 0 Å². The van der Waals surface area contributed by atoms with E-state index in [4.69, 9.17) is 9.47 Å². The van der Waals surface area contributed by atoms with E-state index in [9.17, 15) is 15.0 Å². The second kappa shape index (κ2) is 5.33. The van der Waals surface area contributed by atoms with E-state index in [1.54, 1.807) is 0 Å². The van der Waals surface area contributed by atoms with Crippen molar-refractivity contribution >= 4 is 5.97 Å². The van der Waals surface area contributed by atoms with Crippen LogP contribution in [-0.4, -0.2) is 46.7 Å². The Kier molecular flexibility index (Phi) is 3.78. The summed E-state index contributed by atoms with van der Waals surface area (Å²) < 4.78 is 11.2. The number of epoxide rings is 1. The van der Waals surface area contributed by atoms with Crippen LogP contribution in [0.25, 0.3) is 0 Å². The molecule has 0 radical (unpaired) electrons.